The van der Waals surface area contributed by atoms with Gasteiger partial charge in [-0.15, -0.1) is 0 Å². The Balaban J connectivity index is 2.22. The van der Waals surface area contributed by atoms with Crippen molar-refractivity contribution in [3.05, 3.63) is 52.8 Å². The van der Waals surface area contributed by atoms with Crippen molar-refractivity contribution in [3.8, 4) is 0 Å². The molecule has 1 aromatic carbocycles. The molecule has 0 spiro atoms. The maximum Gasteiger partial charge on any atom is 0.127 e. The standard InChI is InChI=1S/C14H18ClFN4/c1-2-6-20-7-5-18-14(20)13(19-17)8-10-3-4-11(16)9-12(10)15/h3-5,7,9,13,19H,2,6,8,17H2,1H3. The number of aryl methyl sites for hydroxylation is 1. The molecular formula is C14H18ClFN4. The molecule has 0 aliphatic carbocycles. The van der Waals surface area contributed by atoms with E-state index < -0.39 is 0 Å². The fourth-order valence-electron chi connectivity index (χ4n) is 2.19. The van der Waals surface area contributed by atoms with Gasteiger partial charge in [0.2, 0.25) is 0 Å². The zero-order valence-electron chi connectivity index (χ0n) is 11.3. The van der Waals surface area contributed by atoms with Crippen LogP contribution in [-0.2, 0) is 13.0 Å². The predicted molar refractivity (Wildman–Crippen MR) is 77.7 cm³/mol. The molecule has 0 saturated heterocycles. The van der Waals surface area contributed by atoms with E-state index in [2.05, 4.69) is 21.9 Å². The zero-order chi connectivity index (χ0) is 14.5. The third-order valence-electron chi connectivity index (χ3n) is 3.16. The van der Waals surface area contributed by atoms with Gasteiger partial charge in [-0.2, -0.15) is 0 Å². The molecule has 108 valence electrons. The van der Waals surface area contributed by atoms with E-state index in [9.17, 15) is 4.39 Å². The lowest BCUT2D eigenvalue weighted by atomic mass is 10.1. The molecule has 0 saturated carbocycles. The highest BCUT2D eigenvalue weighted by Crippen LogP contribution is 2.23. The van der Waals surface area contributed by atoms with Gasteiger partial charge >= 0.3 is 0 Å². The normalized spacial score (nSPS) is 12.6. The van der Waals surface area contributed by atoms with Crippen molar-refractivity contribution in [3.63, 3.8) is 0 Å². The summed E-state index contributed by atoms with van der Waals surface area (Å²) in [6, 6.07) is 4.21. The molecular weight excluding hydrogens is 279 g/mol. The second-order valence-electron chi connectivity index (χ2n) is 4.64. The monoisotopic (exact) mass is 296 g/mol. The topological polar surface area (TPSA) is 55.9 Å². The molecule has 0 fully saturated rings. The molecule has 0 bridgehead atoms. The maximum atomic E-state index is 13.1. The number of hydrazine groups is 1. The van der Waals surface area contributed by atoms with Crippen molar-refractivity contribution in [2.24, 2.45) is 5.84 Å². The highest BCUT2D eigenvalue weighted by molar-refractivity contribution is 6.31. The van der Waals surface area contributed by atoms with Crippen molar-refractivity contribution < 1.29 is 4.39 Å². The molecule has 6 heteroatoms. The molecule has 2 aromatic rings. The van der Waals surface area contributed by atoms with Crippen LogP contribution in [0.1, 0.15) is 30.8 Å². The SMILES string of the molecule is CCCn1ccnc1C(Cc1ccc(F)cc1Cl)NN. The van der Waals surface area contributed by atoms with Gasteiger partial charge in [-0.25, -0.2) is 14.8 Å². The van der Waals surface area contributed by atoms with Crippen molar-refractivity contribution in [2.75, 3.05) is 0 Å². The van der Waals surface area contributed by atoms with Crippen LogP contribution in [0.3, 0.4) is 0 Å². The van der Waals surface area contributed by atoms with Gasteiger partial charge in [0.15, 0.2) is 0 Å². The lowest BCUT2D eigenvalue weighted by molar-refractivity contribution is 0.488. The molecule has 0 amide bonds. The van der Waals surface area contributed by atoms with E-state index in [-0.39, 0.29) is 11.9 Å². The minimum Gasteiger partial charge on any atom is -0.334 e. The number of benzene rings is 1. The Labute approximate surface area is 122 Å². The number of nitrogens with two attached hydrogens (primary N) is 1. The van der Waals surface area contributed by atoms with Crippen LogP contribution < -0.4 is 11.3 Å². The molecule has 3 N–H and O–H groups in total. The Hall–Kier alpha value is -1.43. The van der Waals surface area contributed by atoms with E-state index in [1.807, 2.05) is 6.20 Å². The van der Waals surface area contributed by atoms with Gasteiger partial charge in [-0.1, -0.05) is 24.6 Å². The molecule has 0 aliphatic heterocycles. The third kappa shape index (κ3) is 3.36. The van der Waals surface area contributed by atoms with Crippen molar-refractivity contribution in [1.82, 2.24) is 15.0 Å². The first-order chi connectivity index (χ1) is 9.65. The van der Waals surface area contributed by atoms with Gasteiger partial charge < -0.3 is 4.57 Å². The van der Waals surface area contributed by atoms with E-state index in [0.717, 1.165) is 24.4 Å². The minimum atomic E-state index is -0.344. The molecule has 0 radical (unpaired) electrons. The average Bonchev–Trinajstić information content (AvgIpc) is 2.87. The zero-order valence-corrected chi connectivity index (χ0v) is 12.1. The van der Waals surface area contributed by atoms with Crippen LogP contribution in [-0.4, -0.2) is 9.55 Å². The molecule has 1 atom stereocenters. The predicted octanol–water partition coefficient (Wildman–Crippen LogP) is 2.83. The van der Waals surface area contributed by atoms with Crippen LogP contribution in [0.5, 0.6) is 0 Å². The minimum absolute atomic E-state index is 0.167. The van der Waals surface area contributed by atoms with Crippen LogP contribution in [0.15, 0.2) is 30.6 Å². The first-order valence-corrected chi connectivity index (χ1v) is 6.94. The fraction of sp³-hybridized carbons (Fsp3) is 0.357. The number of rotatable bonds is 6. The average molecular weight is 297 g/mol. The molecule has 1 unspecified atom stereocenters. The first-order valence-electron chi connectivity index (χ1n) is 6.56. The first kappa shape index (κ1) is 15.0. The van der Waals surface area contributed by atoms with E-state index >= 15 is 0 Å². The third-order valence-corrected chi connectivity index (χ3v) is 3.52. The summed E-state index contributed by atoms with van der Waals surface area (Å²) in [6.07, 6.45) is 5.24. The lowest BCUT2D eigenvalue weighted by Crippen LogP contribution is -2.32. The Morgan fingerprint density at radius 2 is 2.30 bits per heavy atom. The second-order valence-corrected chi connectivity index (χ2v) is 5.05. The Kier molecular flexibility index (Phi) is 5.11. The molecule has 2 rings (SSSR count). The Bertz CT molecular complexity index is 570. The summed E-state index contributed by atoms with van der Waals surface area (Å²) >= 11 is 6.06. The van der Waals surface area contributed by atoms with Gasteiger partial charge in [0.1, 0.15) is 11.6 Å². The van der Waals surface area contributed by atoms with Crippen LogP contribution in [0, 0.1) is 5.82 Å². The number of nitrogens with zero attached hydrogens (tertiary/aromatic N) is 2. The van der Waals surface area contributed by atoms with Crippen molar-refractivity contribution in [2.45, 2.75) is 32.4 Å². The number of aromatic nitrogens is 2. The summed E-state index contributed by atoms with van der Waals surface area (Å²) in [7, 11) is 0. The molecule has 1 heterocycles. The number of nitrogens with one attached hydrogen (secondary N) is 1. The van der Waals surface area contributed by atoms with Crippen LogP contribution in [0.25, 0.3) is 0 Å². The van der Waals surface area contributed by atoms with Gasteiger partial charge in [-0.05, 0) is 30.5 Å². The number of hydrogen-bond donors (Lipinski definition) is 2. The molecule has 0 aliphatic rings. The maximum absolute atomic E-state index is 13.1. The van der Waals surface area contributed by atoms with E-state index in [4.69, 9.17) is 17.4 Å². The molecule has 20 heavy (non-hydrogen) atoms. The highest BCUT2D eigenvalue weighted by Gasteiger charge is 2.17. The molecule has 4 nitrogen and oxygen atoms in total. The summed E-state index contributed by atoms with van der Waals surface area (Å²) in [4.78, 5) is 4.35. The number of imidazole rings is 1. The number of hydrogen-bond acceptors (Lipinski definition) is 3. The fourth-order valence-corrected chi connectivity index (χ4v) is 2.44. The molecule has 1 aromatic heterocycles. The highest BCUT2D eigenvalue weighted by atomic mass is 35.5. The van der Waals surface area contributed by atoms with Crippen LogP contribution >= 0.6 is 11.6 Å². The summed E-state index contributed by atoms with van der Waals surface area (Å²) in [5, 5.41) is 0.402. The van der Waals surface area contributed by atoms with Gasteiger partial charge in [-0.3, -0.25) is 5.84 Å². The second kappa shape index (κ2) is 6.83. The van der Waals surface area contributed by atoms with Crippen molar-refractivity contribution in [1.29, 1.82) is 0 Å². The van der Waals surface area contributed by atoms with Crippen LogP contribution in [0.4, 0.5) is 4.39 Å². The Morgan fingerprint density at radius 3 is 2.95 bits per heavy atom. The van der Waals surface area contributed by atoms with Crippen molar-refractivity contribution >= 4 is 11.6 Å². The van der Waals surface area contributed by atoms with Gasteiger partial charge in [0, 0.05) is 24.0 Å². The van der Waals surface area contributed by atoms with Crippen LogP contribution in [0.2, 0.25) is 5.02 Å². The quantitative estimate of drug-likeness (QED) is 0.636. The number of halogens is 2. The Morgan fingerprint density at radius 1 is 1.50 bits per heavy atom. The summed E-state index contributed by atoms with van der Waals surface area (Å²) in [6.45, 7) is 2.98. The summed E-state index contributed by atoms with van der Waals surface area (Å²) < 4.78 is 15.1. The van der Waals surface area contributed by atoms with E-state index in [1.54, 1.807) is 12.3 Å². The largest absolute Gasteiger partial charge is 0.334 e. The van der Waals surface area contributed by atoms with E-state index in [1.165, 1.54) is 12.1 Å². The van der Waals surface area contributed by atoms with Gasteiger partial charge in [0.05, 0.1) is 6.04 Å². The summed E-state index contributed by atoms with van der Waals surface area (Å²) in [5.41, 5.74) is 3.59. The van der Waals surface area contributed by atoms with E-state index in [0.29, 0.717) is 11.4 Å². The summed E-state index contributed by atoms with van der Waals surface area (Å²) in [5.74, 6) is 6.15. The lowest BCUT2D eigenvalue weighted by Gasteiger charge is -2.18. The van der Waals surface area contributed by atoms with Gasteiger partial charge in [0.25, 0.3) is 0 Å². The smallest absolute Gasteiger partial charge is 0.127 e.